The Morgan fingerprint density at radius 3 is 2.41 bits per heavy atom. The van der Waals surface area contributed by atoms with Crippen molar-refractivity contribution in [1.29, 1.82) is 0 Å². The van der Waals surface area contributed by atoms with Crippen molar-refractivity contribution in [3.63, 3.8) is 0 Å². The van der Waals surface area contributed by atoms with Crippen molar-refractivity contribution >= 4 is 11.9 Å². The van der Waals surface area contributed by atoms with Gasteiger partial charge in [-0.1, -0.05) is 0 Å². The number of nitrogens with one attached hydrogen (secondary N) is 2. The topological polar surface area (TPSA) is 128 Å². The fourth-order valence-electron chi connectivity index (χ4n) is 2.21. The smallest absolute Gasteiger partial charge is 0.337 e. The molecule has 0 spiro atoms. The Bertz CT molecular complexity index is 777. The van der Waals surface area contributed by atoms with Crippen LogP contribution in [0.5, 0.6) is 0 Å². The van der Waals surface area contributed by atoms with Crippen molar-refractivity contribution in [3.05, 3.63) is 45.0 Å². The number of aromatic amines is 2. The number of anilines is 1. The Morgan fingerprint density at radius 1 is 1.09 bits per heavy atom. The van der Waals surface area contributed by atoms with Crippen LogP contribution in [0, 0.1) is 0 Å². The van der Waals surface area contributed by atoms with Gasteiger partial charge in [0.2, 0.25) is 11.6 Å². The van der Waals surface area contributed by atoms with Gasteiger partial charge >= 0.3 is 5.69 Å². The Morgan fingerprint density at radius 2 is 1.77 bits per heavy atom. The maximum absolute atomic E-state index is 12.2. The summed E-state index contributed by atoms with van der Waals surface area (Å²) >= 11 is 0. The van der Waals surface area contributed by atoms with E-state index in [0.717, 1.165) is 0 Å². The molecule has 0 atom stereocenters. The van der Waals surface area contributed by atoms with E-state index in [-0.39, 0.29) is 5.69 Å². The van der Waals surface area contributed by atoms with Gasteiger partial charge in [0.1, 0.15) is 0 Å². The van der Waals surface area contributed by atoms with E-state index in [1.165, 1.54) is 4.90 Å². The molecule has 1 saturated heterocycles. The van der Waals surface area contributed by atoms with Crippen molar-refractivity contribution in [2.24, 2.45) is 0 Å². The molecule has 1 fully saturated rings. The summed E-state index contributed by atoms with van der Waals surface area (Å²) in [6.45, 7) is 1.93. The summed E-state index contributed by atoms with van der Waals surface area (Å²) in [6, 6.07) is 1.73. The summed E-state index contributed by atoms with van der Waals surface area (Å²) in [4.78, 5) is 48.5. The van der Waals surface area contributed by atoms with Crippen LogP contribution in [0.2, 0.25) is 0 Å². The predicted molar refractivity (Wildman–Crippen MR) is 75.6 cm³/mol. The van der Waals surface area contributed by atoms with Gasteiger partial charge in [-0.2, -0.15) is 5.10 Å². The standard InChI is InChI=1S/C12H13N7O3/c20-9-8(16-17-12(22)15-9)10(21)18-4-6-19(7-5-18)11-13-2-1-3-14-11/h1-3H,4-7H2,(H2,15,17,20,22). The zero-order valence-corrected chi connectivity index (χ0v) is 11.5. The molecule has 0 saturated carbocycles. The van der Waals surface area contributed by atoms with Crippen LogP contribution in [0.15, 0.2) is 28.0 Å². The van der Waals surface area contributed by atoms with Crippen LogP contribution >= 0.6 is 0 Å². The minimum Gasteiger partial charge on any atom is -0.337 e. The minimum atomic E-state index is -0.789. The van der Waals surface area contributed by atoms with Crippen LogP contribution in [-0.2, 0) is 0 Å². The van der Waals surface area contributed by atoms with Gasteiger partial charge in [-0.15, -0.1) is 0 Å². The highest BCUT2D eigenvalue weighted by Crippen LogP contribution is 2.10. The lowest BCUT2D eigenvalue weighted by Crippen LogP contribution is -2.50. The van der Waals surface area contributed by atoms with Gasteiger partial charge in [-0.3, -0.25) is 14.6 Å². The van der Waals surface area contributed by atoms with Crippen molar-refractivity contribution < 1.29 is 4.79 Å². The molecule has 2 aromatic heterocycles. The van der Waals surface area contributed by atoms with E-state index < -0.39 is 17.2 Å². The van der Waals surface area contributed by atoms with Gasteiger partial charge in [0.25, 0.3) is 11.5 Å². The fraction of sp³-hybridized carbons (Fsp3) is 0.333. The van der Waals surface area contributed by atoms with E-state index in [1.807, 2.05) is 9.88 Å². The second-order valence-electron chi connectivity index (χ2n) is 4.68. The molecule has 0 aromatic carbocycles. The zero-order valence-electron chi connectivity index (χ0n) is 11.5. The number of carbonyl (C=O) groups excluding carboxylic acids is 1. The van der Waals surface area contributed by atoms with E-state index in [1.54, 1.807) is 18.5 Å². The SMILES string of the molecule is O=C(c1n[nH]c(=O)[nH]c1=O)N1CCN(c2ncccn2)CC1. The van der Waals surface area contributed by atoms with E-state index >= 15 is 0 Å². The molecule has 0 aliphatic carbocycles. The lowest BCUT2D eigenvalue weighted by Gasteiger charge is -2.34. The van der Waals surface area contributed by atoms with E-state index in [9.17, 15) is 14.4 Å². The number of hydrogen-bond acceptors (Lipinski definition) is 7. The first-order chi connectivity index (χ1) is 10.6. The Hall–Kier alpha value is -3.04. The molecule has 22 heavy (non-hydrogen) atoms. The third kappa shape index (κ3) is 2.71. The number of H-pyrrole nitrogens is 2. The zero-order chi connectivity index (χ0) is 15.5. The van der Waals surface area contributed by atoms with Crippen LogP contribution in [0.25, 0.3) is 0 Å². The molecule has 2 aromatic rings. The van der Waals surface area contributed by atoms with Gasteiger partial charge in [-0.25, -0.2) is 19.9 Å². The summed E-state index contributed by atoms with van der Waals surface area (Å²) in [5.41, 5.74) is -1.85. The highest BCUT2D eigenvalue weighted by atomic mass is 16.2. The third-order valence-electron chi connectivity index (χ3n) is 3.32. The Balaban J connectivity index is 1.70. The van der Waals surface area contributed by atoms with Gasteiger partial charge in [0.05, 0.1) is 0 Å². The summed E-state index contributed by atoms with van der Waals surface area (Å²) < 4.78 is 0. The predicted octanol–water partition coefficient (Wildman–Crippen LogP) is -1.79. The van der Waals surface area contributed by atoms with E-state index in [4.69, 9.17) is 0 Å². The monoisotopic (exact) mass is 303 g/mol. The lowest BCUT2D eigenvalue weighted by molar-refractivity contribution is 0.0736. The molecule has 114 valence electrons. The number of piperazine rings is 1. The van der Waals surface area contributed by atoms with Crippen LogP contribution in [0.4, 0.5) is 5.95 Å². The first kappa shape index (κ1) is 13.9. The normalized spacial score (nSPS) is 14.9. The summed E-state index contributed by atoms with van der Waals surface area (Å²) in [5.74, 6) is 0.0979. The van der Waals surface area contributed by atoms with Crippen molar-refractivity contribution in [2.45, 2.75) is 0 Å². The first-order valence-corrected chi connectivity index (χ1v) is 6.65. The van der Waals surface area contributed by atoms with Crippen molar-refractivity contribution in [1.82, 2.24) is 30.0 Å². The number of hydrogen-bond donors (Lipinski definition) is 2. The third-order valence-corrected chi connectivity index (χ3v) is 3.32. The molecule has 10 heteroatoms. The molecule has 2 N–H and O–H groups in total. The number of carbonyl (C=O) groups is 1. The van der Waals surface area contributed by atoms with Crippen molar-refractivity contribution in [3.8, 4) is 0 Å². The molecule has 1 amide bonds. The molecule has 0 radical (unpaired) electrons. The number of aromatic nitrogens is 5. The summed E-state index contributed by atoms with van der Waals surface area (Å²) in [5, 5.41) is 5.58. The van der Waals surface area contributed by atoms with Crippen LogP contribution < -0.4 is 16.1 Å². The molecule has 1 aliphatic heterocycles. The average molecular weight is 303 g/mol. The molecular formula is C12H13N7O3. The molecule has 10 nitrogen and oxygen atoms in total. The summed E-state index contributed by atoms with van der Waals surface area (Å²) in [7, 11) is 0. The number of nitrogens with zero attached hydrogens (tertiary/aromatic N) is 5. The molecule has 3 heterocycles. The van der Waals surface area contributed by atoms with Crippen LogP contribution in [0.1, 0.15) is 10.5 Å². The van der Waals surface area contributed by atoms with Crippen LogP contribution in [-0.4, -0.2) is 62.1 Å². The molecule has 3 rings (SSSR count). The average Bonchev–Trinajstić information content (AvgIpc) is 2.55. The minimum absolute atomic E-state index is 0.316. The Labute approximate surface area is 123 Å². The quantitative estimate of drug-likeness (QED) is 0.670. The molecule has 1 aliphatic rings. The highest BCUT2D eigenvalue weighted by molar-refractivity contribution is 5.91. The molecule has 0 unspecified atom stereocenters. The van der Waals surface area contributed by atoms with E-state index in [0.29, 0.717) is 32.1 Å². The van der Waals surface area contributed by atoms with Gasteiger partial charge < -0.3 is 9.80 Å². The van der Waals surface area contributed by atoms with Gasteiger partial charge in [0, 0.05) is 38.6 Å². The number of amides is 1. The highest BCUT2D eigenvalue weighted by Gasteiger charge is 2.26. The number of rotatable bonds is 2. The maximum atomic E-state index is 12.2. The maximum Gasteiger partial charge on any atom is 0.342 e. The molecular weight excluding hydrogens is 290 g/mol. The lowest BCUT2D eigenvalue weighted by atomic mass is 10.3. The van der Waals surface area contributed by atoms with E-state index in [2.05, 4.69) is 20.2 Å². The second kappa shape index (κ2) is 5.76. The molecule has 0 bridgehead atoms. The van der Waals surface area contributed by atoms with Gasteiger partial charge in [0.15, 0.2) is 0 Å². The first-order valence-electron chi connectivity index (χ1n) is 6.65. The fourth-order valence-corrected chi connectivity index (χ4v) is 2.21. The largest absolute Gasteiger partial charge is 0.342 e. The van der Waals surface area contributed by atoms with Crippen molar-refractivity contribution in [2.75, 3.05) is 31.1 Å². The summed E-state index contributed by atoms with van der Waals surface area (Å²) in [6.07, 6.45) is 3.31. The van der Waals surface area contributed by atoms with Crippen LogP contribution in [0.3, 0.4) is 0 Å². The second-order valence-corrected chi connectivity index (χ2v) is 4.68. The van der Waals surface area contributed by atoms with Gasteiger partial charge in [-0.05, 0) is 6.07 Å². The Kier molecular flexibility index (Phi) is 3.64.